The first-order chi connectivity index (χ1) is 4.70. The molecule has 2 heteroatoms. The molecule has 0 aliphatic rings. The number of pyridine rings is 1. The van der Waals surface area contributed by atoms with Crippen LogP contribution in [-0.2, 0) is 7.05 Å². The van der Waals surface area contributed by atoms with Crippen molar-refractivity contribution in [3.8, 4) is 0 Å². The molecular weight excluding hydrogens is 124 g/mol. The minimum absolute atomic E-state index is 1.23. The summed E-state index contributed by atoms with van der Waals surface area (Å²) in [4.78, 5) is 2.08. The predicted molar refractivity (Wildman–Crippen MR) is 41.9 cm³/mol. The number of rotatable bonds is 1. The molecule has 0 fully saturated rings. The molecule has 0 amide bonds. The van der Waals surface area contributed by atoms with Gasteiger partial charge in [0.2, 0.25) is 0 Å². The second-order valence-corrected chi connectivity index (χ2v) is 2.62. The van der Waals surface area contributed by atoms with Crippen LogP contribution < -0.4 is 9.47 Å². The van der Waals surface area contributed by atoms with Gasteiger partial charge < -0.3 is 4.90 Å². The monoisotopic (exact) mass is 137 g/mol. The molecule has 0 radical (unpaired) electrons. The Morgan fingerprint density at radius 1 is 1.20 bits per heavy atom. The molecule has 1 heterocycles. The van der Waals surface area contributed by atoms with E-state index in [-0.39, 0.29) is 0 Å². The van der Waals surface area contributed by atoms with Gasteiger partial charge >= 0.3 is 0 Å². The Bertz CT molecular complexity index is 201. The van der Waals surface area contributed by atoms with E-state index in [0.717, 1.165) is 0 Å². The lowest BCUT2D eigenvalue weighted by Crippen LogP contribution is -2.26. The molecule has 0 atom stereocenters. The van der Waals surface area contributed by atoms with Gasteiger partial charge in [0, 0.05) is 31.9 Å². The fourth-order valence-electron chi connectivity index (χ4n) is 0.791. The Morgan fingerprint density at radius 2 is 1.70 bits per heavy atom. The number of nitrogens with zero attached hydrogens (tertiary/aromatic N) is 2. The van der Waals surface area contributed by atoms with Crippen LogP contribution in [0.1, 0.15) is 0 Å². The molecule has 0 aliphatic heterocycles. The van der Waals surface area contributed by atoms with Gasteiger partial charge in [-0.25, -0.2) is 4.57 Å². The van der Waals surface area contributed by atoms with Crippen LogP contribution in [0.2, 0.25) is 0 Å². The van der Waals surface area contributed by atoms with E-state index >= 15 is 0 Å². The summed E-state index contributed by atoms with van der Waals surface area (Å²) in [5, 5.41) is 0. The first-order valence-corrected chi connectivity index (χ1v) is 3.33. The highest BCUT2D eigenvalue weighted by molar-refractivity contribution is 5.41. The minimum Gasteiger partial charge on any atom is -0.377 e. The molecule has 0 unspecified atom stereocenters. The lowest BCUT2D eigenvalue weighted by Gasteiger charge is -2.09. The van der Waals surface area contributed by atoms with Gasteiger partial charge in [-0.15, -0.1) is 0 Å². The van der Waals surface area contributed by atoms with E-state index in [4.69, 9.17) is 0 Å². The number of aromatic nitrogens is 1. The average molecular weight is 137 g/mol. The second kappa shape index (κ2) is 2.69. The summed E-state index contributed by atoms with van der Waals surface area (Å²) >= 11 is 0. The van der Waals surface area contributed by atoms with E-state index in [9.17, 15) is 0 Å². The summed E-state index contributed by atoms with van der Waals surface area (Å²) < 4.78 is 2.02. The van der Waals surface area contributed by atoms with Crippen molar-refractivity contribution in [3.63, 3.8) is 0 Å². The zero-order chi connectivity index (χ0) is 7.56. The fraction of sp³-hybridized carbons (Fsp3) is 0.375. The van der Waals surface area contributed by atoms with Crippen molar-refractivity contribution in [1.82, 2.24) is 0 Å². The molecule has 54 valence electrons. The predicted octanol–water partition coefficient (Wildman–Crippen LogP) is 0.577. The molecule has 10 heavy (non-hydrogen) atoms. The number of aryl methyl sites for hydroxylation is 1. The Morgan fingerprint density at radius 3 is 2.10 bits per heavy atom. The SMILES string of the molecule is CN(C)c1cc[n+](C)cc1. The molecule has 0 saturated heterocycles. The molecule has 1 aromatic heterocycles. The van der Waals surface area contributed by atoms with Crippen LogP contribution in [0.25, 0.3) is 0 Å². The van der Waals surface area contributed by atoms with Gasteiger partial charge in [-0.1, -0.05) is 0 Å². The minimum atomic E-state index is 1.23. The number of hydrogen-bond acceptors (Lipinski definition) is 1. The van der Waals surface area contributed by atoms with Crippen LogP contribution in [0.4, 0.5) is 5.69 Å². The van der Waals surface area contributed by atoms with Crippen LogP contribution >= 0.6 is 0 Å². The standard InChI is InChI=1S/C8H13N2/c1-9(2)8-4-6-10(3)7-5-8/h4-7H,1-3H3/q+1. The summed E-state index contributed by atoms with van der Waals surface area (Å²) in [5.41, 5.74) is 1.23. The van der Waals surface area contributed by atoms with E-state index in [1.165, 1.54) is 5.69 Å². The second-order valence-electron chi connectivity index (χ2n) is 2.62. The third-order valence-corrected chi connectivity index (χ3v) is 1.48. The number of hydrogen-bond donors (Lipinski definition) is 0. The summed E-state index contributed by atoms with van der Waals surface area (Å²) in [5.74, 6) is 0. The van der Waals surface area contributed by atoms with Crippen molar-refractivity contribution in [2.45, 2.75) is 0 Å². The topological polar surface area (TPSA) is 7.12 Å². The zero-order valence-electron chi connectivity index (χ0n) is 6.70. The maximum atomic E-state index is 2.08. The van der Waals surface area contributed by atoms with Crippen molar-refractivity contribution in [1.29, 1.82) is 0 Å². The number of anilines is 1. The summed E-state index contributed by atoms with van der Waals surface area (Å²) in [7, 11) is 6.09. The van der Waals surface area contributed by atoms with Crippen LogP contribution in [0.15, 0.2) is 24.5 Å². The molecule has 0 aliphatic carbocycles. The van der Waals surface area contributed by atoms with Gasteiger partial charge in [-0.2, -0.15) is 0 Å². The van der Waals surface area contributed by atoms with Gasteiger partial charge in [0.15, 0.2) is 12.4 Å². The fourth-order valence-corrected chi connectivity index (χ4v) is 0.791. The first kappa shape index (κ1) is 7.06. The summed E-state index contributed by atoms with van der Waals surface area (Å²) in [6.45, 7) is 0. The average Bonchev–Trinajstić information content (AvgIpc) is 1.88. The molecular formula is C8H13N2+. The van der Waals surface area contributed by atoms with Crippen molar-refractivity contribution in [3.05, 3.63) is 24.5 Å². The van der Waals surface area contributed by atoms with Gasteiger partial charge in [-0.3, -0.25) is 0 Å². The Labute approximate surface area is 61.7 Å². The summed E-state index contributed by atoms with van der Waals surface area (Å²) in [6.07, 6.45) is 4.07. The smallest absolute Gasteiger partial charge is 0.170 e. The first-order valence-electron chi connectivity index (χ1n) is 3.33. The summed E-state index contributed by atoms with van der Waals surface area (Å²) in [6, 6.07) is 4.17. The zero-order valence-corrected chi connectivity index (χ0v) is 6.70. The third-order valence-electron chi connectivity index (χ3n) is 1.48. The van der Waals surface area contributed by atoms with E-state index in [0.29, 0.717) is 0 Å². The lowest BCUT2D eigenvalue weighted by atomic mass is 10.4. The molecule has 0 saturated carbocycles. The van der Waals surface area contributed by atoms with E-state index in [2.05, 4.69) is 17.0 Å². The molecule has 0 N–H and O–H groups in total. The Kier molecular flexibility index (Phi) is 1.90. The lowest BCUT2D eigenvalue weighted by molar-refractivity contribution is -0.671. The van der Waals surface area contributed by atoms with Crippen LogP contribution in [0.3, 0.4) is 0 Å². The molecule has 0 spiro atoms. The highest BCUT2D eigenvalue weighted by Crippen LogP contribution is 2.04. The molecule has 0 aromatic carbocycles. The van der Waals surface area contributed by atoms with Crippen molar-refractivity contribution in [2.24, 2.45) is 7.05 Å². The Balaban J connectivity index is 2.89. The van der Waals surface area contributed by atoms with Crippen LogP contribution in [0.5, 0.6) is 0 Å². The normalized spacial score (nSPS) is 9.50. The van der Waals surface area contributed by atoms with Crippen molar-refractivity contribution >= 4 is 5.69 Å². The van der Waals surface area contributed by atoms with Crippen LogP contribution in [0, 0.1) is 0 Å². The molecule has 0 bridgehead atoms. The van der Waals surface area contributed by atoms with Crippen molar-refractivity contribution in [2.75, 3.05) is 19.0 Å². The van der Waals surface area contributed by atoms with Gasteiger partial charge in [0.05, 0.1) is 0 Å². The highest BCUT2D eigenvalue weighted by Gasteiger charge is 1.95. The molecule has 1 aromatic rings. The quantitative estimate of drug-likeness (QED) is 0.513. The molecule has 1 rings (SSSR count). The van der Waals surface area contributed by atoms with E-state index in [1.54, 1.807) is 0 Å². The van der Waals surface area contributed by atoms with E-state index < -0.39 is 0 Å². The van der Waals surface area contributed by atoms with Gasteiger partial charge in [-0.05, 0) is 0 Å². The third kappa shape index (κ3) is 1.47. The van der Waals surface area contributed by atoms with Crippen molar-refractivity contribution < 1.29 is 4.57 Å². The maximum absolute atomic E-state index is 2.08. The van der Waals surface area contributed by atoms with Crippen LogP contribution in [-0.4, -0.2) is 14.1 Å². The largest absolute Gasteiger partial charge is 0.377 e. The Hall–Kier alpha value is -1.05. The molecule has 2 nitrogen and oxygen atoms in total. The van der Waals surface area contributed by atoms with Gasteiger partial charge in [0.1, 0.15) is 7.05 Å². The highest BCUT2D eigenvalue weighted by atomic mass is 15.1. The van der Waals surface area contributed by atoms with Gasteiger partial charge in [0.25, 0.3) is 0 Å². The maximum Gasteiger partial charge on any atom is 0.170 e. The van der Waals surface area contributed by atoms with E-state index in [1.807, 2.05) is 38.1 Å².